The van der Waals surface area contributed by atoms with Crippen LogP contribution in [0.5, 0.6) is 11.5 Å². The van der Waals surface area contributed by atoms with Crippen molar-refractivity contribution in [2.45, 2.75) is 123 Å². The van der Waals surface area contributed by atoms with E-state index < -0.39 is 6.04 Å². The lowest BCUT2D eigenvalue weighted by atomic mass is 10.0. The van der Waals surface area contributed by atoms with Gasteiger partial charge < -0.3 is 20.5 Å². The van der Waals surface area contributed by atoms with Crippen molar-refractivity contribution in [3.63, 3.8) is 0 Å². The van der Waals surface area contributed by atoms with Gasteiger partial charge in [0.2, 0.25) is 5.91 Å². The number of carbonyl (C=O) groups excluding carboxylic acids is 1. The van der Waals surface area contributed by atoms with Crippen molar-refractivity contribution in [3.8, 4) is 11.5 Å². The Morgan fingerprint density at radius 1 is 0.714 bits per heavy atom. The van der Waals surface area contributed by atoms with Gasteiger partial charge in [0.15, 0.2) is 0 Å². The quantitative estimate of drug-likeness (QED) is 0.104. The van der Waals surface area contributed by atoms with Gasteiger partial charge in [0.25, 0.3) is 0 Å². The van der Waals surface area contributed by atoms with Crippen LogP contribution in [0.1, 0.15) is 117 Å². The standard InChI is InChI=1S/C37H54N2O3/c1-3-4-5-6-7-8-9-10-11-12-13-14-15-16-17-18-28-42-36-27-21-24-33-34(36)25-20-26-35(33)39-37(41)30(2)38-31-22-19-23-32(40)29-31/h19-27,29-30,38,40H,3-18,28H2,1-2H3,(H,39,41). The monoisotopic (exact) mass is 574 g/mol. The highest BCUT2D eigenvalue weighted by Crippen LogP contribution is 2.31. The Morgan fingerprint density at radius 2 is 1.26 bits per heavy atom. The third kappa shape index (κ3) is 12.3. The lowest BCUT2D eigenvalue weighted by Gasteiger charge is -2.17. The zero-order chi connectivity index (χ0) is 29.8. The third-order valence-corrected chi connectivity index (χ3v) is 8.02. The lowest BCUT2D eigenvalue weighted by molar-refractivity contribution is -0.116. The SMILES string of the molecule is CCCCCCCCCCCCCCCCCCOc1cccc2c(NC(=O)C(C)Nc3cccc(O)c3)cccc12. The van der Waals surface area contributed by atoms with Gasteiger partial charge in [-0.15, -0.1) is 0 Å². The first kappa shape index (κ1) is 33.3. The molecular formula is C37H54N2O3. The van der Waals surface area contributed by atoms with Gasteiger partial charge in [-0.25, -0.2) is 0 Å². The first-order chi connectivity index (χ1) is 20.6. The van der Waals surface area contributed by atoms with E-state index in [4.69, 9.17) is 4.74 Å². The van der Waals surface area contributed by atoms with Crippen LogP contribution in [0.25, 0.3) is 10.8 Å². The van der Waals surface area contributed by atoms with E-state index in [1.54, 1.807) is 25.1 Å². The van der Waals surface area contributed by atoms with Gasteiger partial charge in [-0.3, -0.25) is 4.79 Å². The van der Waals surface area contributed by atoms with Crippen molar-refractivity contribution in [1.29, 1.82) is 0 Å². The fourth-order valence-corrected chi connectivity index (χ4v) is 5.50. The molecule has 42 heavy (non-hydrogen) atoms. The molecule has 3 N–H and O–H groups in total. The van der Waals surface area contributed by atoms with Crippen LogP contribution in [-0.2, 0) is 4.79 Å². The molecule has 3 aromatic rings. The highest BCUT2D eigenvalue weighted by molar-refractivity contribution is 6.05. The number of phenols is 1. The molecule has 1 amide bonds. The summed E-state index contributed by atoms with van der Waals surface area (Å²) in [6.07, 6.45) is 21.7. The van der Waals surface area contributed by atoms with Crippen molar-refractivity contribution in [1.82, 2.24) is 0 Å². The molecule has 0 radical (unpaired) electrons. The second-order valence-corrected chi connectivity index (χ2v) is 11.7. The first-order valence-electron chi connectivity index (χ1n) is 16.6. The van der Waals surface area contributed by atoms with Crippen molar-refractivity contribution >= 4 is 28.1 Å². The summed E-state index contributed by atoms with van der Waals surface area (Å²) in [5.41, 5.74) is 1.45. The number of benzene rings is 3. The van der Waals surface area contributed by atoms with Gasteiger partial charge in [0.1, 0.15) is 17.5 Å². The maximum atomic E-state index is 12.9. The zero-order valence-corrected chi connectivity index (χ0v) is 26.1. The predicted molar refractivity (Wildman–Crippen MR) is 179 cm³/mol. The molecule has 1 unspecified atom stereocenters. The fraction of sp³-hybridized carbons (Fsp3) is 0.541. The third-order valence-electron chi connectivity index (χ3n) is 8.02. The van der Waals surface area contributed by atoms with Gasteiger partial charge in [-0.05, 0) is 37.6 Å². The van der Waals surface area contributed by atoms with Crippen LogP contribution < -0.4 is 15.4 Å². The number of phenolic OH excluding ortho intramolecular Hbond substituents is 1. The average Bonchev–Trinajstić information content (AvgIpc) is 2.99. The number of hydrogen-bond acceptors (Lipinski definition) is 4. The zero-order valence-electron chi connectivity index (χ0n) is 26.1. The molecule has 0 aliphatic heterocycles. The van der Waals surface area contributed by atoms with Crippen LogP contribution in [0.3, 0.4) is 0 Å². The summed E-state index contributed by atoms with van der Waals surface area (Å²) < 4.78 is 6.19. The van der Waals surface area contributed by atoms with E-state index in [0.717, 1.165) is 28.6 Å². The van der Waals surface area contributed by atoms with Gasteiger partial charge >= 0.3 is 0 Å². The van der Waals surface area contributed by atoms with Crippen molar-refractivity contribution in [2.75, 3.05) is 17.2 Å². The number of rotatable bonds is 22. The Bertz CT molecular complexity index is 1180. The molecule has 0 heterocycles. The van der Waals surface area contributed by atoms with E-state index in [1.165, 1.54) is 96.3 Å². The normalized spacial score (nSPS) is 11.9. The average molecular weight is 575 g/mol. The molecule has 5 heteroatoms. The fourth-order valence-electron chi connectivity index (χ4n) is 5.50. The lowest BCUT2D eigenvalue weighted by Crippen LogP contribution is -2.31. The van der Waals surface area contributed by atoms with Crippen molar-refractivity contribution < 1.29 is 14.6 Å². The second kappa shape index (κ2) is 19.8. The number of nitrogens with one attached hydrogen (secondary N) is 2. The van der Waals surface area contributed by atoms with Gasteiger partial charge in [0.05, 0.1) is 6.61 Å². The minimum absolute atomic E-state index is 0.148. The van der Waals surface area contributed by atoms with Crippen LogP contribution in [0.15, 0.2) is 60.7 Å². The molecule has 5 nitrogen and oxygen atoms in total. The molecule has 0 fully saturated rings. The molecule has 1 atom stereocenters. The minimum Gasteiger partial charge on any atom is -0.508 e. The van der Waals surface area contributed by atoms with Crippen LogP contribution in [0, 0.1) is 0 Å². The molecule has 0 spiro atoms. The molecule has 0 aromatic heterocycles. The number of hydrogen-bond donors (Lipinski definition) is 3. The van der Waals surface area contributed by atoms with Crippen LogP contribution in [-0.4, -0.2) is 23.7 Å². The number of carbonyl (C=O) groups is 1. The number of ether oxygens (including phenoxy) is 1. The summed E-state index contributed by atoms with van der Waals surface area (Å²) in [6.45, 7) is 4.79. The number of aromatic hydroxyl groups is 1. The summed E-state index contributed by atoms with van der Waals surface area (Å²) in [7, 11) is 0. The predicted octanol–water partition coefficient (Wildman–Crippen LogP) is 10.6. The summed E-state index contributed by atoms with van der Waals surface area (Å²) in [4.78, 5) is 12.9. The Hall–Kier alpha value is -3.21. The molecule has 0 aliphatic carbocycles. The smallest absolute Gasteiger partial charge is 0.246 e. The molecule has 230 valence electrons. The molecule has 0 bridgehead atoms. The van der Waals surface area contributed by atoms with E-state index >= 15 is 0 Å². The van der Waals surface area contributed by atoms with E-state index in [2.05, 4.69) is 17.6 Å². The molecule has 0 saturated carbocycles. The first-order valence-corrected chi connectivity index (χ1v) is 16.6. The molecule has 0 aliphatic rings. The molecular weight excluding hydrogens is 520 g/mol. The van der Waals surface area contributed by atoms with E-state index in [0.29, 0.717) is 12.3 Å². The van der Waals surface area contributed by atoms with Crippen LogP contribution >= 0.6 is 0 Å². The topological polar surface area (TPSA) is 70.6 Å². The van der Waals surface area contributed by atoms with E-state index in [9.17, 15) is 9.90 Å². The van der Waals surface area contributed by atoms with Crippen LogP contribution in [0.2, 0.25) is 0 Å². The second-order valence-electron chi connectivity index (χ2n) is 11.7. The van der Waals surface area contributed by atoms with E-state index in [1.807, 2.05) is 42.5 Å². The maximum absolute atomic E-state index is 12.9. The Morgan fingerprint density at radius 3 is 1.88 bits per heavy atom. The molecule has 0 saturated heterocycles. The summed E-state index contributed by atoms with van der Waals surface area (Å²) >= 11 is 0. The highest BCUT2D eigenvalue weighted by atomic mass is 16.5. The van der Waals surface area contributed by atoms with Gasteiger partial charge in [0, 0.05) is 28.2 Å². The Kier molecular flexibility index (Phi) is 15.7. The number of anilines is 2. The summed E-state index contributed by atoms with van der Waals surface area (Å²) in [5, 5.41) is 17.8. The van der Waals surface area contributed by atoms with Crippen LogP contribution in [0.4, 0.5) is 11.4 Å². The minimum atomic E-state index is -0.476. The van der Waals surface area contributed by atoms with Gasteiger partial charge in [-0.2, -0.15) is 0 Å². The number of fused-ring (bicyclic) bond motifs is 1. The summed E-state index contributed by atoms with van der Waals surface area (Å²) in [5.74, 6) is 0.870. The molecule has 3 aromatic carbocycles. The van der Waals surface area contributed by atoms with Gasteiger partial charge in [-0.1, -0.05) is 134 Å². The maximum Gasteiger partial charge on any atom is 0.246 e. The van der Waals surface area contributed by atoms with E-state index in [-0.39, 0.29) is 11.7 Å². The summed E-state index contributed by atoms with van der Waals surface area (Å²) in [6, 6.07) is 18.2. The van der Waals surface area contributed by atoms with Crippen molar-refractivity contribution in [3.05, 3.63) is 60.7 Å². The Balaban J connectivity index is 1.30. The highest BCUT2D eigenvalue weighted by Gasteiger charge is 2.15. The van der Waals surface area contributed by atoms with Crippen molar-refractivity contribution in [2.24, 2.45) is 0 Å². The largest absolute Gasteiger partial charge is 0.508 e. The molecule has 3 rings (SSSR count). The Labute approximate surface area is 254 Å². The number of unbranched alkanes of at least 4 members (excludes halogenated alkanes) is 15. The number of amides is 1.